The van der Waals surface area contributed by atoms with Gasteiger partial charge in [0.25, 0.3) is 0 Å². The Morgan fingerprint density at radius 2 is 2.10 bits per heavy atom. The van der Waals surface area contributed by atoms with Crippen LogP contribution in [0, 0.1) is 12.8 Å². The zero-order valence-electron chi connectivity index (χ0n) is 17.0. The van der Waals surface area contributed by atoms with Crippen LogP contribution in [0.5, 0.6) is 5.75 Å². The van der Waals surface area contributed by atoms with Gasteiger partial charge >= 0.3 is 6.18 Å². The highest BCUT2D eigenvalue weighted by molar-refractivity contribution is 5.79. The molecule has 1 unspecified atom stereocenters. The number of aromatic nitrogens is 2. The molecule has 29 heavy (non-hydrogen) atoms. The Bertz CT molecular complexity index is 775. The average Bonchev–Trinajstić information content (AvgIpc) is 3.15. The van der Waals surface area contributed by atoms with E-state index in [9.17, 15) is 13.2 Å². The van der Waals surface area contributed by atoms with Crippen molar-refractivity contribution in [2.45, 2.75) is 40.0 Å². The fourth-order valence-electron chi connectivity index (χ4n) is 2.66. The van der Waals surface area contributed by atoms with E-state index in [1.807, 2.05) is 29.9 Å². The van der Waals surface area contributed by atoms with Crippen molar-refractivity contribution in [3.63, 3.8) is 0 Å². The van der Waals surface area contributed by atoms with Gasteiger partial charge < -0.3 is 15.4 Å². The minimum atomic E-state index is -4.38. The van der Waals surface area contributed by atoms with Gasteiger partial charge in [0.15, 0.2) is 12.6 Å². The number of aliphatic imine (C=N–C) groups is 1. The number of aryl methyl sites for hydroxylation is 1. The van der Waals surface area contributed by atoms with Gasteiger partial charge in [0, 0.05) is 37.6 Å². The van der Waals surface area contributed by atoms with E-state index in [-0.39, 0.29) is 12.3 Å². The number of nitrogens with zero attached hydrogens (tertiary/aromatic N) is 3. The molecule has 0 saturated carbocycles. The molecule has 6 nitrogen and oxygen atoms in total. The predicted molar refractivity (Wildman–Crippen MR) is 107 cm³/mol. The summed E-state index contributed by atoms with van der Waals surface area (Å²) >= 11 is 0. The number of hydrogen-bond acceptors (Lipinski definition) is 3. The SMILES string of the molecule is CCNC(=NCc1ccc(C)cc1OCC(F)(F)F)NCC(C)Cn1cccn1. The molecule has 1 atom stereocenters. The van der Waals surface area contributed by atoms with Gasteiger partial charge in [-0.05, 0) is 37.5 Å². The molecule has 9 heteroatoms. The average molecular weight is 411 g/mol. The molecular formula is C20H28F3N5O. The molecule has 0 aliphatic heterocycles. The Morgan fingerprint density at radius 3 is 2.76 bits per heavy atom. The number of rotatable bonds is 9. The van der Waals surface area contributed by atoms with Gasteiger partial charge in [-0.3, -0.25) is 4.68 Å². The molecule has 2 aromatic rings. The van der Waals surface area contributed by atoms with Crippen LogP contribution in [0.1, 0.15) is 25.0 Å². The number of guanidine groups is 1. The summed E-state index contributed by atoms with van der Waals surface area (Å²) in [5, 5.41) is 10.6. The molecular weight excluding hydrogens is 383 g/mol. The van der Waals surface area contributed by atoms with Crippen molar-refractivity contribution in [2.24, 2.45) is 10.9 Å². The summed E-state index contributed by atoms with van der Waals surface area (Å²) in [6.07, 6.45) is -0.729. The van der Waals surface area contributed by atoms with Crippen molar-refractivity contribution in [1.82, 2.24) is 20.4 Å². The largest absolute Gasteiger partial charge is 0.484 e. The number of halogens is 3. The third-order valence-corrected chi connectivity index (χ3v) is 4.04. The van der Waals surface area contributed by atoms with E-state index in [0.717, 1.165) is 12.1 Å². The van der Waals surface area contributed by atoms with E-state index in [0.29, 0.717) is 30.5 Å². The molecule has 2 rings (SSSR count). The summed E-state index contributed by atoms with van der Waals surface area (Å²) in [5.74, 6) is 1.11. The number of hydrogen-bond donors (Lipinski definition) is 2. The smallest absolute Gasteiger partial charge is 0.422 e. The summed E-state index contributed by atoms with van der Waals surface area (Å²) < 4.78 is 44.4. The second-order valence-electron chi connectivity index (χ2n) is 6.92. The zero-order valence-corrected chi connectivity index (χ0v) is 17.0. The van der Waals surface area contributed by atoms with E-state index in [1.54, 1.807) is 25.3 Å². The van der Waals surface area contributed by atoms with Crippen LogP contribution >= 0.6 is 0 Å². The lowest BCUT2D eigenvalue weighted by Gasteiger charge is -2.17. The molecule has 0 radical (unpaired) electrons. The van der Waals surface area contributed by atoms with E-state index < -0.39 is 12.8 Å². The standard InChI is InChI=1S/C20H28F3N5O/c1-4-24-19(25-11-16(3)13-28-9-5-8-27-28)26-12-17-7-6-15(2)10-18(17)29-14-20(21,22)23/h5-10,16H,4,11-14H2,1-3H3,(H2,24,25,26). The van der Waals surface area contributed by atoms with E-state index in [1.165, 1.54) is 0 Å². The fourth-order valence-corrected chi connectivity index (χ4v) is 2.66. The molecule has 2 N–H and O–H groups in total. The fraction of sp³-hybridized carbons (Fsp3) is 0.500. The first-order valence-corrected chi connectivity index (χ1v) is 9.55. The number of alkyl halides is 3. The zero-order chi connectivity index (χ0) is 21.3. The second kappa shape index (κ2) is 10.7. The van der Waals surface area contributed by atoms with Crippen LogP contribution in [0.15, 0.2) is 41.7 Å². The van der Waals surface area contributed by atoms with Gasteiger partial charge in [-0.25, -0.2) is 4.99 Å². The Hall–Kier alpha value is -2.71. The second-order valence-corrected chi connectivity index (χ2v) is 6.92. The van der Waals surface area contributed by atoms with Crippen LogP contribution < -0.4 is 15.4 Å². The molecule has 0 saturated heterocycles. The lowest BCUT2D eigenvalue weighted by molar-refractivity contribution is -0.153. The Kier molecular flexibility index (Phi) is 8.35. The summed E-state index contributed by atoms with van der Waals surface area (Å²) in [4.78, 5) is 4.50. The maximum absolute atomic E-state index is 12.5. The van der Waals surface area contributed by atoms with Crippen molar-refractivity contribution in [2.75, 3.05) is 19.7 Å². The Morgan fingerprint density at radius 1 is 1.31 bits per heavy atom. The first kappa shape index (κ1) is 22.6. The Balaban J connectivity index is 1.99. The van der Waals surface area contributed by atoms with Gasteiger partial charge in [0.05, 0.1) is 6.54 Å². The van der Waals surface area contributed by atoms with E-state index >= 15 is 0 Å². The van der Waals surface area contributed by atoms with Gasteiger partial charge in [-0.2, -0.15) is 18.3 Å². The highest BCUT2D eigenvalue weighted by atomic mass is 19.4. The highest BCUT2D eigenvalue weighted by Crippen LogP contribution is 2.24. The van der Waals surface area contributed by atoms with Crippen LogP contribution in [0.4, 0.5) is 13.2 Å². The molecule has 1 aromatic carbocycles. The molecule has 160 valence electrons. The summed E-state index contributed by atoms with van der Waals surface area (Å²) in [7, 11) is 0. The van der Waals surface area contributed by atoms with Gasteiger partial charge in [0.1, 0.15) is 5.75 Å². The molecule has 1 aromatic heterocycles. The summed E-state index contributed by atoms with van der Waals surface area (Å²) in [6.45, 7) is 6.86. The maximum atomic E-state index is 12.5. The third kappa shape index (κ3) is 8.45. The molecule has 0 amide bonds. The number of benzene rings is 1. The molecule has 0 fully saturated rings. The molecule has 0 spiro atoms. The number of ether oxygens (including phenoxy) is 1. The first-order valence-electron chi connectivity index (χ1n) is 9.55. The van der Waals surface area contributed by atoms with Crippen molar-refractivity contribution in [3.8, 4) is 5.75 Å². The van der Waals surface area contributed by atoms with Crippen molar-refractivity contribution in [1.29, 1.82) is 0 Å². The van der Waals surface area contributed by atoms with Crippen LogP contribution in [0.25, 0.3) is 0 Å². The molecule has 0 bridgehead atoms. The lowest BCUT2D eigenvalue weighted by atomic mass is 10.1. The van der Waals surface area contributed by atoms with Crippen LogP contribution in [-0.4, -0.2) is 41.6 Å². The quantitative estimate of drug-likeness (QED) is 0.490. The first-order chi connectivity index (χ1) is 13.8. The van der Waals surface area contributed by atoms with Crippen LogP contribution in [0.3, 0.4) is 0 Å². The van der Waals surface area contributed by atoms with Crippen LogP contribution in [0.2, 0.25) is 0 Å². The minimum absolute atomic E-state index is 0.203. The van der Waals surface area contributed by atoms with E-state index in [4.69, 9.17) is 4.74 Å². The lowest BCUT2D eigenvalue weighted by Crippen LogP contribution is -2.40. The highest BCUT2D eigenvalue weighted by Gasteiger charge is 2.28. The monoisotopic (exact) mass is 411 g/mol. The van der Waals surface area contributed by atoms with Crippen LogP contribution in [-0.2, 0) is 13.1 Å². The predicted octanol–water partition coefficient (Wildman–Crippen LogP) is 3.52. The van der Waals surface area contributed by atoms with Crippen molar-refractivity contribution >= 4 is 5.96 Å². The third-order valence-electron chi connectivity index (χ3n) is 4.04. The molecule has 0 aliphatic rings. The van der Waals surface area contributed by atoms with Gasteiger partial charge in [0.2, 0.25) is 0 Å². The summed E-state index contributed by atoms with van der Waals surface area (Å²) in [5.41, 5.74) is 1.43. The van der Waals surface area contributed by atoms with Gasteiger partial charge in [-0.1, -0.05) is 19.1 Å². The van der Waals surface area contributed by atoms with Crippen molar-refractivity contribution < 1.29 is 17.9 Å². The minimum Gasteiger partial charge on any atom is -0.484 e. The normalized spacial score (nSPS) is 13.2. The maximum Gasteiger partial charge on any atom is 0.422 e. The van der Waals surface area contributed by atoms with E-state index in [2.05, 4.69) is 27.6 Å². The molecule has 0 aliphatic carbocycles. The molecule has 1 heterocycles. The van der Waals surface area contributed by atoms with Crippen molar-refractivity contribution in [3.05, 3.63) is 47.8 Å². The topological polar surface area (TPSA) is 63.5 Å². The van der Waals surface area contributed by atoms with Gasteiger partial charge in [-0.15, -0.1) is 0 Å². The number of nitrogens with one attached hydrogen (secondary N) is 2. The Labute approximate surface area is 169 Å². The summed E-state index contributed by atoms with van der Waals surface area (Å²) in [6, 6.07) is 7.06.